The maximum Gasteiger partial charge on any atom is 0.0102 e. The van der Waals surface area contributed by atoms with Gasteiger partial charge in [-0.05, 0) is 130 Å². The van der Waals surface area contributed by atoms with Gasteiger partial charge in [-0.2, -0.15) is 0 Å². The van der Waals surface area contributed by atoms with E-state index in [1.807, 2.05) is 0 Å². The van der Waals surface area contributed by atoms with Gasteiger partial charge in [0, 0.05) is 5.92 Å². The number of benzene rings is 9. The van der Waals surface area contributed by atoms with E-state index in [0.29, 0.717) is 5.92 Å². The summed E-state index contributed by atoms with van der Waals surface area (Å²) in [7, 11) is 0. The summed E-state index contributed by atoms with van der Waals surface area (Å²) < 4.78 is 0. The molecule has 10 rings (SSSR count). The quantitative estimate of drug-likeness (QED) is 0.146. The highest BCUT2D eigenvalue weighted by Gasteiger charge is 2.28. The Bertz CT molecular complexity index is 2690. The molecule has 54 heavy (non-hydrogen) atoms. The maximum atomic E-state index is 2.51. The summed E-state index contributed by atoms with van der Waals surface area (Å²) in [5.41, 5.74) is 18.2. The second kappa shape index (κ2) is 13.5. The molecule has 0 N–H and O–H groups in total. The highest BCUT2D eigenvalue weighted by Crippen LogP contribution is 2.50. The van der Waals surface area contributed by atoms with Gasteiger partial charge in [-0.25, -0.2) is 0 Å². The van der Waals surface area contributed by atoms with E-state index in [4.69, 9.17) is 0 Å². The number of rotatable bonds is 7. The topological polar surface area (TPSA) is 0 Å². The van der Waals surface area contributed by atoms with Crippen molar-refractivity contribution in [3.63, 3.8) is 0 Å². The highest BCUT2D eigenvalue weighted by molar-refractivity contribution is 6.21. The molecule has 0 aliphatic heterocycles. The predicted molar refractivity (Wildman–Crippen MR) is 231 cm³/mol. The Morgan fingerprint density at radius 2 is 0.722 bits per heavy atom. The molecular weight excluding hydrogens is 649 g/mol. The van der Waals surface area contributed by atoms with Crippen molar-refractivity contribution < 1.29 is 0 Å². The van der Waals surface area contributed by atoms with Crippen LogP contribution in [0.3, 0.4) is 0 Å². The maximum absolute atomic E-state index is 2.51. The molecule has 0 heteroatoms. The summed E-state index contributed by atoms with van der Waals surface area (Å²) in [5.74, 6) is 0.439. The van der Waals surface area contributed by atoms with E-state index in [-0.39, 0.29) is 0 Å². The molecule has 0 nitrogen and oxygen atoms in total. The van der Waals surface area contributed by atoms with Crippen LogP contribution in [-0.2, 0) is 0 Å². The predicted octanol–water partition coefficient (Wildman–Crippen LogP) is 15.2. The van der Waals surface area contributed by atoms with E-state index in [0.717, 1.165) is 12.8 Å². The first kappa shape index (κ1) is 32.2. The molecule has 0 spiro atoms. The molecular formula is C54H40. The molecule has 0 bridgehead atoms. The molecule has 0 aromatic heterocycles. The van der Waals surface area contributed by atoms with E-state index in [2.05, 4.69) is 201 Å². The number of hydrogen-bond donors (Lipinski definition) is 0. The van der Waals surface area contributed by atoms with E-state index in [1.54, 1.807) is 0 Å². The van der Waals surface area contributed by atoms with Crippen molar-refractivity contribution in [2.24, 2.45) is 0 Å². The minimum atomic E-state index is 0.439. The molecule has 256 valence electrons. The van der Waals surface area contributed by atoms with Crippen molar-refractivity contribution in [1.82, 2.24) is 0 Å². The monoisotopic (exact) mass is 688 g/mol. The summed E-state index contributed by atoms with van der Waals surface area (Å²) in [6.07, 6.45) is 2.32. The zero-order valence-electron chi connectivity index (χ0n) is 30.5. The summed E-state index contributed by atoms with van der Waals surface area (Å²) >= 11 is 0. The lowest BCUT2D eigenvalue weighted by Gasteiger charge is -2.19. The van der Waals surface area contributed by atoms with Crippen molar-refractivity contribution in [3.8, 4) is 66.8 Å². The van der Waals surface area contributed by atoms with Crippen molar-refractivity contribution in [2.45, 2.75) is 25.7 Å². The molecule has 1 atom stereocenters. The fourth-order valence-electron chi connectivity index (χ4n) is 9.03. The summed E-state index contributed by atoms with van der Waals surface area (Å²) in [4.78, 5) is 0. The Labute approximate surface area is 318 Å². The Morgan fingerprint density at radius 1 is 0.315 bits per heavy atom. The first-order chi connectivity index (χ1) is 26.7. The molecule has 0 saturated carbocycles. The molecule has 0 heterocycles. The minimum Gasteiger partial charge on any atom is -0.0653 e. The minimum absolute atomic E-state index is 0.439. The third-order valence-corrected chi connectivity index (χ3v) is 11.5. The van der Waals surface area contributed by atoms with Crippen molar-refractivity contribution in [3.05, 3.63) is 205 Å². The van der Waals surface area contributed by atoms with Crippen LogP contribution < -0.4 is 0 Å². The summed E-state index contributed by atoms with van der Waals surface area (Å²) in [6.45, 7) is 2.31. The third kappa shape index (κ3) is 5.46. The van der Waals surface area contributed by atoms with Crippen LogP contribution in [0.15, 0.2) is 194 Å². The van der Waals surface area contributed by atoms with Gasteiger partial charge in [0.1, 0.15) is 0 Å². The molecule has 0 radical (unpaired) electrons. The normalized spacial score (nSPS) is 13.2. The summed E-state index contributed by atoms with van der Waals surface area (Å²) in [6, 6.07) is 71.9. The standard InChI is InChI=1S/C54H40/c1-2-15-44-45-20-9-10-21-46(45)47-31-30-40(35-52(44)47)54-50-24-13-11-22-48(50)53(49-23-12-14-25-51(49)54)39-28-26-38(27-29-39)43-33-41(36-16-5-3-6-17-36)32-42(34-43)37-18-7-4-8-19-37/h3-14,16-35,44H,2,15H2,1H3. The molecule has 0 fully saturated rings. The van der Waals surface area contributed by atoms with Crippen LogP contribution in [0.2, 0.25) is 0 Å². The van der Waals surface area contributed by atoms with E-state index < -0.39 is 0 Å². The van der Waals surface area contributed by atoms with Crippen LogP contribution in [0.5, 0.6) is 0 Å². The molecule has 1 aliphatic carbocycles. The average Bonchev–Trinajstić information content (AvgIpc) is 3.55. The average molecular weight is 689 g/mol. The lowest BCUT2D eigenvalue weighted by Crippen LogP contribution is -1.97. The highest BCUT2D eigenvalue weighted by atomic mass is 14.3. The Hall–Kier alpha value is -6.50. The fourth-order valence-corrected chi connectivity index (χ4v) is 9.03. The molecule has 1 aliphatic rings. The smallest absolute Gasteiger partial charge is 0.0102 e. The zero-order valence-corrected chi connectivity index (χ0v) is 30.5. The van der Waals surface area contributed by atoms with Crippen LogP contribution in [0, 0.1) is 0 Å². The van der Waals surface area contributed by atoms with Gasteiger partial charge in [-0.1, -0.05) is 183 Å². The Balaban J connectivity index is 1.11. The Morgan fingerprint density at radius 3 is 1.26 bits per heavy atom. The molecule has 9 aromatic carbocycles. The van der Waals surface area contributed by atoms with Gasteiger partial charge in [-0.3, -0.25) is 0 Å². The van der Waals surface area contributed by atoms with Crippen molar-refractivity contribution >= 4 is 21.5 Å². The van der Waals surface area contributed by atoms with Crippen LogP contribution in [0.1, 0.15) is 36.8 Å². The molecule has 0 saturated heterocycles. The van der Waals surface area contributed by atoms with E-state index in [1.165, 1.54) is 99.4 Å². The lowest BCUT2D eigenvalue weighted by atomic mass is 9.84. The Kier molecular flexibility index (Phi) is 8.03. The van der Waals surface area contributed by atoms with Gasteiger partial charge in [0.2, 0.25) is 0 Å². The van der Waals surface area contributed by atoms with Gasteiger partial charge in [0.15, 0.2) is 0 Å². The van der Waals surface area contributed by atoms with Gasteiger partial charge in [-0.15, -0.1) is 0 Å². The van der Waals surface area contributed by atoms with Gasteiger partial charge < -0.3 is 0 Å². The van der Waals surface area contributed by atoms with E-state index >= 15 is 0 Å². The second-order valence-electron chi connectivity index (χ2n) is 14.7. The fraction of sp³-hybridized carbons (Fsp3) is 0.0741. The molecule has 9 aromatic rings. The first-order valence-corrected chi connectivity index (χ1v) is 19.3. The SMILES string of the molecule is CCCC1c2ccccc2-c2ccc(-c3c4ccccc4c(-c4ccc(-c5cc(-c6ccccc6)cc(-c6ccccc6)c5)cc4)c4ccccc34)cc21. The van der Waals surface area contributed by atoms with Gasteiger partial charge >= 0.3 is 0 Å². The van der Waals surface area contributed by atoms with Crippen LogP contribution in [0.25, 0.3) is 88.3 Å². The van der Waals surface area contributed by atoms with Crippen LogP contribution in [-0.4, -0.2) is 0 Å². The van der Waals surface area contributed by atoms with Crippen molar-refractivity contribution in [1.29, 1.82) is 0 Å². The third-order valence-electron chi connectivity index (χ3n) is 11.5. The van der Waals surface area contributed by atoms with E-state index in [9.17, 15) is 0 Å². The summed E-state index contributed by atoms with van der Waals surface area (Å²) in [5, 5.41) is 5.15. The number of fused-ring (bicyclic) bond motifs is 5. The molecule has 0 amide bonds. The lowest BCUT2D eigenvalue weighted by molar-refractivity contribution is 0.711. The molecule has 1 unspecified atom stereocenters. The van der Waals surface area contributed by atoms with Crippen molar-refractivity contribution in [2.75, 3.05) is 0 Å². The largest absolute Gasteiger partial charge is 0.0653 e. The van der Waals surface area contributed by atoms with Crippen LogP contribution in [0.4, 0.5) is 0 Å². The first-order valence-electron chi connectivity index (χ1n) is 19.3. The van der Waals surface area contributed by atoms with Crippen LogP contribution >= 0.6 is 0 Å². The number of hydrogen-bond acceptors (Lipinski definition) is 0. The zero-order chi connectivity index (χ0) is 36.0. The second-order valence-corrected chi connectivity index (χ2v) is 14.7. The van der Waals surface area contributed by atoms with Gasteiger partial charge in [0.25, 0.3) is 0 Å². The van der Waals surface area contributed by atoms with Gasteiger partial charge in [0.05, 0.1) is 0 Å².